The number of unbranched alkanes of at least 4 members (excludes halogenated alkanes) is 8. The van der Waals surface area contributed by atoms with Crippen LogP contribution in [-0.2, 0) is 6.42 Å². The molecule has 0 spiro atoms. The summed E-state index contributed by atoms with van der Waals surface area (Å²) in [5.74, 6) is 2.28. The highest BCUT2D eigenvalue weighted by molar-refractivity contribution is 6.11. The molecule has 0 N–H and O–H groups in total. The summed E-state index contributed by atoms with van der Waals surface area (Å²) < 4.78 is 24.8. The van der Waals surface area contributed by atoms with Gasteiger partial charge in [0.2, 0.25) is 0 Å². The maximum absolute atomic E-state index is 14.0. The molecular formula is C37H56O5. The predicted molar refractivity (Wildman–Crippen MR) is 176 cm³/mol. The second-order valence-corrected chi connectivity index (χ2v) is 10.9. The Morgan fingerprint density at radius 1 is 0.595 bits per heavy atom. The van der Waals surface area contributed by atoms with Crippen LogP contribution in [0.5, 0.6) is 23.0 Å². The summed E-state index contributed by atoms with van der Waals surface area (Å²) in [5, 5.41) is 0. The van der Waals surface area contributed by atoms with Crippen LogP contribution >= 0.6 is 0 Å². The van der Waals surface area contributed by atoms with Gasteiger partial charge in [0, 0.05) is 5.56 Å². The number of ketones is 1. The van der Waals surface area contributed by atoms with Crippen molar-refractivity contribution in [1.82, 2.24) is 0 Å². The molecule has 2 rings (SSSR count). The van der Waals surface area contributed by atoms with E-state index in [9.17, 15) is 4.79 Å². The van der Waals surface area contributed by atoms with Crippen molar-refractivity contribution in [2.45, 2.75) is 118 Å². The molecule has 0 radical (unpaired) electrons. The minimum atomic E-state index is -0.163. The minimum Gasteiger partial charge on any atom is -0.493 e. The number of rotatable bonds is 24. The maximum atomic E-state index is 14.0. The van der Waals surface area contributed by atoms with Crippen LogP contribution in [0, 0.1) is 0 Å². The highest BCUT2D eigenvalue weighted by Crippen LogP contribution is 2.39. The lowest BCUT2D eigenvalue weighted by Gasteiger charge is -2.19. The third-order valence-corrected chi connectivity index (χ3v) is 7.24. The SMILES string of the molecule is CCCCCOc1ccc(CC)cc1C=CC(=O)c1c(OCCCCC)ccc(OCCCCC)c1OCCCCC. The van der Waals surface area contributed by atoms with Crippen molar-refractivity contribution in [2.24, 2.45) is 0 Å². The smallest absolute Gasteiger partial charge is 0.193 e. The van der Waals surface area contributed by atoms with Gasteiger partial charge in [-0.05, 0) is 74.1 Å². The average Bonchev–Trinajstić information content (AvgIpc) is 3.01. The van der Waals surface area contributed by atoms with Crippen molar-refractivity contribution < 1.29 is 23.7 Å². The van der Waals surface area contributed by atoms with Crippen LogP contribution in [0.2, 0.25) is 0 Å². The molecule has 2 aromatic carbocycles. The highest BCUT2D eigenvalue weighted by Gasteiger charge is 2.22. The summed E-state index contributed by atoms with van der Waals surface area (Å²) in [6.45, 7) is 13.2. The van der Waals surface area contributed by atoms with Gasteiger partial charge in [0.25, 0.3) is 0 Å². The average molecular weight is 581 g/mol. The zero-order chi connectivity index (χ0) is 30.4. The molecule has 0 amide bonds. The Bertz CT molecular complexity index is 1060. The molecule has 5 heteroatoms. The van der Waals surface area contributed by atoms with E-state index in [0.29, 0.717) is 49.2 Å². The lowest BCUT2D eigenvalue weighted by atomic mass is 10.0. The van der Waals surface area contributed by atoms with E-state index in [0.717, 1.165) is 94.8 Å². The van der Waals surface area contributed by atoms with Gasteiger partial charge in [0.1, 0.15) is 17.1 Å². The van der Waals surface area contributed by atoms with Crippen LogP contribution in [0.15, 0.2) is 36.4 Å². The van der Waals surface area contributed by atoms with Crippen LogP contribution in [0.3, 0.4) is 0 Å². The van der Waals surface area contributed by atoms with E-state index in [2.05, 4.69) is 46.8 Å². The highest BCUT2D eigenvalue weighted by atomic mass is 16.5. The van der Waals surface area contributed by atoms with Crippen molar-refractivity contribution in [3.05, 3.63) is 53.1 Å². The molecule has 0 aliphatic carbocycles. The lowest BCUT2D eigenvalue weighted by Crippen LogP contribution is -2.10. The summed E-state index contributed by atoms with van der Waals surface area (Å²) in [6, 6.07) is 9.98. The lowest BCUT2D eigenvalue weighted by molar-refractivity contribution is 0.103. The summed E-state index contributed by atoms with van der Waals surface area (Å²) in [4.78, 5) is 14.0. The number of ether oxygens (including phenoxy) is 4. The molecular weight excluding hydrogens is 524 g/mol. The molecule has 0 unspecified atom stereocenters. The third kappa shape index (κ3) is 12.5. The van der Waals surface area contributed by atoms with E-state index >= 15 is 0 Å². The van der Waals surface area contributed by atoms with E-state index in [1.54, 1.807) is 6.08 Å². The maximum Gasteiger partial charge on any atom is 0.193 e. The van der Waals surface area contributed by atoms with Gasteiger partial charge < -0.3 is 18.9 Å². The van der Waals surface area contributed by atoms with Crippen LogP contribution in [0.25, 0.3) is 6.08 Å². The van der Waals surface area contributed by atoms with Gasteiger partial charge in [-0.3, -0.25) is 4.79 Å². The number of hydrogen-bond donors (Lipinski definition) is 0. The van der Waals surface area contributed by atoms with E-state index in [-0.39, 0.29) is 5.78 Å². The molecule has 234 valence electrons. The van der Waals surface area contributed by atoms with E-state index in [4.69, 9.17) is 18.9 Å². The molecule has 5 nitrogen and oxygen atoms in total. The standard InChI is InChI=1S/C37H56O5/c1-6-11-15-25-39-33-22-19-30(10-5)29-31(33)20-21-32(38)36-34(40-26-16-12-7-2)23-24-35(41-27-17-13-8-3)37(36)42-28-18-14-9-4/h19-24,29H,6-18,25-28H2,1-5H3. The first-order valence-corrected chi connectivity index (χ1v) is 16.6. The fraction of sp³-hybridized carbons (Fsp3) is 0.595. The molecule has 0 aromatic heterocycles. The van der Waals surface area contributed by atoms with Gasteiger partial charge >= 0.3 is 0 Å². The van der Waals surface area contributed by atoms with Gasteiger partial charge in [0.05, 0.1) is 26.4 Å². The largest absolute Gasteiger partial charge is 0.493 e. The molecule has 42 heavy (non-hydrogen) atoms. The fourth-order valence-electron chi connectivity index (χ4n) is 4.61. The van der Waals surface area contributed by atoms with Gasteiger partial charge in [-0.25, -0.2) is 0 Å². The van der Waals surface area contributed by atoms with Crippen molar-refractivity contribution in [1.29, 1.82) is 0 Å². The predicted octanol–water partition coefficient (Wildman–Crippen LogP) is 10.4. The summed E-state index contributed by atoms with van der Waals surface area (Å²) in [5.41, 5.74) is 2.54. The topological polar surface area (TPSA) is 54.0 Å². The monoisotopic (exact) mass is 580 g/mol. The number of aryl methyl sites for hydroxylation is 1. The van der Waals surface area contributed by atoms with Gasteiger partial charge in [-0.1, -0.05) is 92.1 Å². The summed E-state index contributed by atoms with van der Waals surface area (Å²) in [7, 11) is 0. The van der Waals surface area contributed by atoms with Gasteiger partial charge in [-0.15, -0.1) is 0 Å². The Balaban J connectivity index is 2.46. The second-order valence-electron chi connectivity index (χ2n) is 10.9. The number of carbonyl (C=O) groups is 1. The summed E-state index contributed by atoms with van der Waals surface area (Å²) in [6.07, 6.45) is 17.1. The van der Waals surface area contributed by atoms with E-state index in [1.165, 1.54) is 5.56 Å². The molecule has 0 saturated carbocycles. The van der Waals surface area contributed by atoms with Gasteiger partial charge in [-0.2, -0.15) is 0 Å². The molecule has 0 saturated heterocycles. The van der Waals surface area contributed by atoms with Crippen LogP contribution < -0.4 is 18.9 Å². The molecule has 2 aromatic rings. The molecule has 0 heterocycles. The number of allylic oxidation sites excluding steroid dienone is 1. The Kier molecular flexibility index (Phi) is 18.2. The minimum absolute atomic E-state index is 0.163. The van der Waals surface area contributed by atoms with Crippen molar-refractivity contribution in [2.75, 3.05) is 26.4 Å². The van der Waals surface area contributed by atoms with E-state index in [1.807, 2.05) is 24.3 Å². The Morgan fingerprint density at radius 3 is 1.62 bits per heavy atom. The first kappa shape index (κ1) is 35.2. The normalized spacial score (nSPS) is 11.2. The van der Waals surface area contributed by atoms with Crippen molar-refractivity contribution in [3.8, 4) is 23.0 Å². The first-order valence-electron chi connectivity index (χ1n) is 16.6. The Labute approximate surface area is 256 Å². The fourth-order valence-corrected chi connectivity index (χ4v) is 4.61. The van der Waals surface area contributed by atoms with E-state index < -0.39 is 0 Å². The zero-order valence-corrected chi connectivity index (χ0v) is 27.1. The number of benzene rings is 2. The quantitative estimate of drug-likeness (QED) is 0.0702. The number of hydrogen-bond acceptors (Lipinski definition) is 5. The third-order valence-electron chi connectivity index (χ3n) is 7.24. The van der Waals surface area contributed by atoms with Crippen LogP contribution in [0.1, 0.15) is 133 Å². The van der Waals surface area contributed by atoms with Crippen LogP contribution in [-0.4, -0.2) is 32.2 Å². The second kappa shape index (κ2) is 21.7. The number of carbonyl (C=O) groups excluding carboxylic acids is 1. The molecule has 0 fully saturated rings. The Hall–Kier alpha value is -2.95. The summed E-state index contributed by atoms with van der Waals surface area (Å²) >= 11 is 0. The van der Waals surface area contributed by atoms with Crippen LogP contribution in [0.4, 0.5) is 0 Å². The zero-order valence-electron chi connectivity index (χ0n) is 27.1. The van der Waals surface area contributed by atoms with Gasteiger partial charge in [0.15, 0.2) is 17.3 Å². The van der Waals surface area contributed by atoms with Crippen molar-refractivity contribution in [3.63, 3.8) is 0 Å². The molecule has 0 aliphatic rings. The molecule has 0 aliphatic heterocycles. The molecule has 0 bridgehead atoms. The first-order chi connectivity index (χ1) is 20.6. The Morgan fingerprint density at radius 2 is 1.07 bits per heavy atom. The van der Waals surface area contributed by atoms with Crippen molar-refractivity contribution >= 4 is 11.9 Å². The molecule has 0 atom stereocenters.